The van der Waals surface area contributed by atoms with E-state index in [1.807, 2.05) is 26.0 Å². The van der Waals surface area contributed by atoms with Crippen LogP contribution in [0.2, 0.25) is 0 Å². The molecule has 0 bridgehead atoms. The summed E-state index contributed by atoms with van der Waals surface area (Å²) in [4.78, 5) is 20.5. The number of aryl methyl sites for hydroxylation is 1. The smallest absolute Gasteiger partial charge is 0.270 e. The zero-order valence-corrected chi connectivity index (χ0v) is 13.3. The summed E-state index contributed by atoms with van der Waals surface area (Å²) in [6.45, 7) is 6.67. The topological polar surface area (TPSA) is 66.9 Å². The molecule has 2 N–H and O–H groups in total. The molecule has 0 saturated heterocycles. The summed E-state index contributed by atoms with van der Waals surface area (Å²) in [6.07, 6.45) is 2.48. The number of hydrogen-bond donors (Lipinski definition) is 2. The van der Waals surface area contributed by atoms with E-state index >= 15 is 0 Å². The van der Waals surface area contributed by atoms with Crippen LogP contribution in [0.25, 0.3) is 0 Å². The molecule has 5 heteroatoms. The fourth-order valence-electron chi connectivity index (χ4n) is 1.97. The lowest BCUT2D eigenvalue weighted by Crippen LogP contribution is -2.32. The molecular weight excluding hydrogens is 276 g/mol. The number of benzene rings is 1. The quantitative estimate of drug-likeness (QED) is 0.860. The highest BCUT2D eigenvalue weighted by Gasteiger charge is 2.10. The van der Waals surface area contributed by atoms with Gasteiger partial charge in [-0.2, -0.15) is 0 Å². The van der Waals surface area contributed by atoms with Crippen LogP contribution in [0.3, 0.4) is 0 Å². The Balaban J connectivity index is 2.00. The van der Waals surface area contributed by atoms with Gasteiger partial charge >= 0.3 is 0 Å². The molecule has 1 aromatic carbocycles. The molecule has 116 valence electrons. The molecule has 2 aromatic rings. The van der Waals surface area contributed by atoms with Crippen molar-refractivity contribution in [2.75, 3.05) is 5.32 Å². The predicted molar refractivity (Wildman–Crippen MR) is 87.8 cm³/mol. The predicted octanol–water partition coefficient (Wildman–Crippen LogP) is 2.93. The lowest BCUT2D eigenvalue weighted by molar-refractivity contribution is 0.0934. The Hall–Kier alpha value is -2.43. The number of amides is 1. The van der Waals surface area contributed by atoms with Crippen LogP contribution in [-0.2, 0) is 6.54 Å². The first kappa shape index (κ1) is 15.9. The molecule has 0 aliphatic heterocycles. The van der Waals surface area contributed by atoms with Crippen molar-refractivity contribution < 1.29 is 4.79 Å². The van der Waals surface area contributed by atoms with Crippen LogP contribution in [0.5, 0.6) is 0 Å². The molecule has 0 radical (unpaired) electrons. The molecule has 0 aliphatic carbocycles. The molecule has 1 unspecified atom stereocenters. The van der Waals surface area contributed by atoms with Crippen molar-refractivity contribution in [1.82, 2.24) is 15.3 Å². The molecule has 22 heavy (non-hydrogen) atoms. The Bertz CT molecular complexity index is 642. The Morgan fingerprint density at radius 3 is 2.86 bits per heavy atom. The maximum atomic E-state index is 12.1. The normalized spacial score (nSPS) is 11.8. The SMILES string of the molecule is CCC(C)NC(=O)c1ccnc(NCc2cccc(C)c2)n1. The molecule has 0 fully saturated rings. The van der Waals surface area contributed by atoms with Crippen molar-refractivity contribution in [1.29, 1.82) is 0 Å². The van der Waals surface area contributed by atoms with E-state index in [1.54, 1.807) is 12.3 Å². The first-order valence-corrected chi connectivity index (χ1v) is 7.52. The van der Waals surface area contributed by atoms with E-state index in [0.717, 1.165) is 12.0 Å². The van der Waals surface area contributed by atoms with Gasteiger partial charge in [-0.1, -0.05) is 36.8 Å². The van der Waals surface area contributed by atoms with Gasteiger partial charge in [-0.15, -0.1) is 0 Å². The number of carbonyl (C=O) groups is 1. The average Bonchev–Trinajstić information content (AvgIpc) is 2.53. The van der Waals surface area contributed by atoms with Crippen LogP contribution >= 0.6 is 0 Å². The Morgan fingerprint density at radius 1 is 1.32 bits per heavy atom. The maximum absolute atomic E-state index is 12.1. The summed E-state index contributed by atoms with van der Waals surface area (Å²) in [6, 6.07) is 9.97. The summed E-state index contributed by atoms with van der Waals surface area (Å²) in [5.74, 6) is 0.286. The molecule has 0 spiro atoms. The van der Waals surface area contributed by atoms with Crippen LogP contribution in [0.1, 0.15) is 41.9 Å². The number of aromatic nitrogens is 2. The number of nitrogens with zero attached hydrogens (tertiary/aromatic N) is 2. The minimum absolute atomic E-state index is 0.131. The lowest BCUT2D eigenvalue weighted by Gasteiger charge is -2.11. The maximum Gasteiger partial charge on any atom is 0.270 e. The van der Waals surface area contributed by atoms with Crippen molar-refractivity contribution in [3.63, 3.8) is 0 Å². The van der Waals surface area contributed by atoms with E-state index in [9.17, 15) is 4.79 Å². The van der Waals surface area contributed by atoms with E-state index in [-0.39, 0.29) is 11.9 Å². The molecule has 0 aliphatic rings. The molecule has 5 nitrogen and oxygen atoms in total. The van der Waals surface area contributed by atoms with E-state index in [2.05, 4.69) is 39.7 Å². The molecule has 1 heterocycles. The highest BCUT2D eigenvalue weighted by molar-refractivity contribution is 5.92. The van der Waals surface area contributed by atoms with Gasteiger partial charge in [-0.05, 0) is 31.9 Å². The van der Waals surface area contributed by atoms with Crippen molar-refractivity contribution >= 4 is 11.9 Å². The van der Waals surface area contributed by atoms with E-state index in [1.165, 1.54) is 5.56 Å². The van der Waals surface area contributed by atoms with Crippen LogP contribution < -0.4 is 10.6 Å². The van der Waals surface area contributed by atoms with Gasteiger partial charge < -0.3 is 10.6 Å². The summed E-state index contributed by atoms with van der Waals surface area (Å²) in [7, 11) is 0. The molecule has 1 atom stereocenters. The van der Waals surface area contributed by atoms with Gasteiger partial charge in [0.25, 0.3) is 5.91 Å². The van der Waals surface area contributed by atoms with Crippen molar-refractivity contribution in [3.8, 4) is 0 Å². The largest absolute Gasteiger partial charge is 0.350 e. The third-order valence-corrected chi connectivity index (χ3v) is 3.41. The van der Waals surface area contributed by atoms with Crippen LogP contribution in [0.15, 0.2) is 36.5 Å². The highest BCUT2D eigenvalue weighted by Crippen LogP contribution is 2.07. The lowest BCUT2D eigenvalue weighted by atomic mass is 10.1. The Labute approximate surface area is 131 Å². The van der Waals surface area contributed by atoms with Crippen molar-refractivity contribution in [2.45, 2.75) is 39.8 Å². The van der Waals surface area contributed by atoms with Crippen molar-refractivity contribution in [2.24, 2.45) is 0 Å². The zero-order chi connectivity index (χ0) is 15.9. The van der Waals surface area contributed by atoms with Gasteiger partial charge in [0.15, 0.2) is 0 Å². The number of carbonyl (C=O) groups excluding carboxylic acids is 1. The first-order valence-electron chi connectivity index (χ1n) is 7.52. The average molecular weight is 298 g/mol. The number of nitrogens with one attached hydrogen (secondary N) is 2. The fraction of sp³-hybridized carbons (Fsp3) is 0.353. The van der Waals surface area contributed by atoms with E-state index < -0.39 is 0 Å². The summed E-state index contributed by atoms with van der Waals surface area (Å²) < 4.78 is 0. The minimum Gasteiger partial charge on any atom is -0.350 e. The van der Waals surface area contributed by atoms with Crippen LogP contribution in [-0.4, -0.2) is 21.9 Å². The first-order chi connectivity index (χ1) is 10.6. The second-order valence-corrected chi connectivity index (χ2v) is 5.39. The molecule has 0 saturated carbocycles. The minimum atomic E-state index is -0.171. The van der Waals surface area contributed by atoms with E-state index in [0.29, 0.717) is 18.2 Å². The fourth-order valence-corrected chi connectivity index (χ4v) is 1.97. The van der Waals surface area contributed by atoms with Gasteiger partial charge in [0.1, 0.15) is 5.69 Å². The van der Waals surface area contributed by atoms with Gasteiger partial charge in [0.2, 0.25) is 5.95 Å². The number of hydrogen-bond acceptors (Lipinski definition) is 4. The molecule has 2 rings (SSSR count). The highest BCUT2D eigenvalue weighted by atomic mass is 16.1. The monoisotopic (exact) mass is 298 g/mol. The second kappa shape index (κ2) is 7.54. The van der Waals surface area contributed by atoms with Crippen LogP contribution in [0, 0.1) is 6.92 Å². The summed E-state index contributed by atoms with van der Waals surface area (Å²) >= 11 is 0. The third kappa shape index (κ3) is 4.55. The van der Waals surface area contributed by atoms with Crippen molar-refractivity contribution in [3.05, 3.63) is 53.3 Å². The second-order valence-electron chi connectivity index (χ2n) is 5.39. The molecule has 1 aromatic heterocycles. The molecule has 1 amide bonds. The van der Waals surface area contributed by atoms with Crippen LogP contribution in [0.4, 0.5) is 5.95 Å². The standard InChI is InChI=1S/C17H22N4O/c1-4-13(3)20-16(22)15-8-9-18-17(21-15)19-11-14-7-5-6-12(2)10-14/h5-10,13H,4,11H2,1-3H3,(H,20,22)(H,18,19,21). The Morgan fingerprint density at radius 2 is 2.14 bits per heavy atom. The summed E-state index contributed by atoms with van der Waals surface area (Å²) in [5, 5.41) is 6.05. The number of anilines is 1. The van der Waals surface area contributed by atoms with Gasteiger partial charge in [0, 0.05) is 18.8 Å². The summed E-state index contributed by atoms with van der Waals surface area (Å²) in [5.41, 5.74) is 2.74. The van der Waals surface area contributed by atoms with E-state index in [4.69, 9.17) is 0 Å². The Kier molecular flexibility index (Phi) is 5.47. The van der Waals surface area contributed by atoms with Gasteiger partial charge in [0.05, 0.1) is 0 Å². The zero-order valence-electron chi connectivity index (χ0n) is 13.3. The number of rotatable bonds is 6. The third-order valence-electron chi connectivity index (χ3n) is 3.41. The van der Waals surface area contributed by atoms with Gasteiger partial charge in [-0.25, -0.2) is 9.97 Å². The molecular formula is C17H22N4O. The van der Waals surface area contributed by atoms with Gasteiger partial charge in [-0.3, -0.25) is 4.79 Å².